The standard InChI is InChI=1S/C12H22N2O2/c1-12(2,3)16-11(15)14-5-4-9-6-10(8-14)13-7-9/h9-10,13H,4-8H2,1-3H3/t9-,10-/m1/s1. The molecule has 0 aliphatic carbocycles. The van der Waals surface area contributed by atoms with Crippen molar-refractivity contribution in [2.24, 2.45) is 5.92 Å². The minimum absolute atomic E-state index is 0.165. The Morgan fingerprint density at radius 2 is 2.19 bits per heavy atom. The molecule has 1 N–H and O–H groups in total. The average molecular weight is 226 g/mol. The molecular weight excluding hydrogens is 204 g/mol. The minimum atomic E-state index is -0.393. The summed E-state index contributed by atoms with van der Waals surface area (Å²) in [6.45, 7) is 8.49. The molecule has 4 heteroatoms. The second kappa shape index (κ2) is 4.24. The summed E-state index contributed by atoms with van der Waals surface area (Å²) < 4.78 is 5.40. The Kier molecular flexibility index (Phi) is 3.10. The molecular formula is C12H22N2O2. The number of likely N-dealkylation sites (tertiary alicyclic amines) is 1. The third-order valence-corrected chi connectivity index (χ3v) is 3.21. The number of ether oxygens (including phenoxy) is 1. The van der Waals surface area contributed by atoms with E-state index in [9.17, 15) is 4.79 Å². The maximum atomic E-state index is 11.9. The Labute approximate surface area is 97.3 Å². The first-order valence-electron chi connectivity index (χ1n) is 6.15. The normalized spacial score (nSPS) is 30.1. The van der Waals surface area contributed by atoms with Crippen LogP contribution in [0.1, 0.15) is 33.6 Å². The van der Waals surface area contributed by atoms with Crippen LogP contribution in [0.2, 0.25) is 0 Å². The second-order valence-electron chi connectivity index (χ2n) is 5.92. The molecule has 92 valence electrons. The number of fused-ring (bicyclic) bond motifs is 2. The number of carbonyl (C=O) groups is 1. The third kappa shape index (κ3) is 2.88. The van der Waals surface area contributed by atoms with Crippen LogP contribution < -0.4 is 5.32 Å². The summed E-state index contributed by atoms with van der Waals surface area (Å²) in [6, 6.07) is 0.472. The van der Waals surface area contributed by atoms with Crippen LogP contribution in [0.15, 0.2) is 0 Å². The Morgan fingerprint density at radius 3 is 2.88 bits per heavy atom. The van der Waals surface area contributed by atoms with Crippen molar-refractivity contribution in [2.45, 2.75) is 45.3 Å². The van der Waals surface area contributed by atoms with Crippen LogP contribution in [0, 0.1) is 5.92 Å². The van der Waals surface area contributed by atoms with Crippen molar-refractivity contribution in [2.75, 3.05) is 19.6 Å². The zero-order chi connectivity index (χ0) is 11.8. The van der Waals surface area contributed by atoms with E-state index in [-0.39, 0.29) is 6.09 Å². The first-order valence-corrected chi connectivity index (χ1v) is 6.15. The number of hydrogen-bond donors (Lipinski definition) is 1. The molecule has 1 amide bonds. The molecule has 4 nitrogen and oxygen atoms in total. The van der Waals surface area contributed by atoms with E-state index in [2.05, 4.69) is 5.32 Å². The first-order chi connectivity index (χ1) is 7.44. The predicted molar refractivity (Wildman–Crippen MR) is 62.3 cm³/mol. The molecule has 2 fully saturated rings. The predicted octanol–water partition coefficient (Wildman–Crippen LogP) is 1.61. The molecule has 2 atom stereocenters. The van der Waals surface area contributed by atoms with Crippen LogP contribution in [0.4, 0.5) is 4.79 Å². The summed E-state index contributed by atoms with van der Waals surface area (Å²) in [4.78, 5) is 13.8. The highest BCUT2D eigenvalue weighted by molar-refractivity contribution is 5.68. The Hall–Kier alpha value is -0.770. The number of rotatable bonds is 0. The second-order valence-corrected chi connectivity index (χ2v) is 5.92. The van der Waals surface area contributed by atoms with Gasteiger partial charge in [0.05, 0.1) is 0 Å². The summed E-state index contributed by atoms with van der Waals surface area (Å²) in [5.74, 6) is 0.748. The summed E-state index contributed by atoms with van der Waals surface area (Å²) in [5.41, 5.74) is -0.393. The monoisotopic (exact) mass is 226 g/mol. The topological polar surface area (TPSA) is 41.6 Å². The molecule has 0 spiro atoms. The molecule has 2 aliphatic rings. The summed E-state index contributed by atoms with van der Waals surface area (Å²) >= 11 is 0. The number of hydrogen-bond acceptors (Lipinski definition) is 3. The van der Waals surface area contributed by atoms with Crippen LogP contribution in [0.3, 0.4) is 0 Å². The van der Waals surface area contributed by atoms with E-state index in [4.69, 9.17) is 4.74 Å². The van der Waals surface area contributed by atoms with Gasteiger partial charge >= 0.3 is 6.09 Å². The lowest BCUT2D eigenvalue weighted by Gasteiger charge is -2.28. The van der Waals surface area contributed by atoms with Gasteiger partial charge in [0.1, 0.15) is 5.60 Å². The fraction of sp³-hybridized carbons (Fsp3) is 0.917. The maximum Gasteiger partial charge on any atom is 0.410 e. The molecule has 2 saturated heterocycles. The SMILES string of the molecule is CC(C)(C)OC(=O)N1CC[C@H]2CN[C@H](C2)C1. The number of carbonyl (C=O) groups excluding carboxylic acids is 1. The van der Waals surface area contributed by atoms with Crippen molar-refractivity contribution in [3.05, 3.63) is 0 Å². The molecule has 2 heterocycles. The molecule has 0 aromatic rings. The Morgan fingerprint density at radius 1 is 1.44 bits per heavy atom. The van der Waals surface area contributed by atoms with Crippen LogP contribution in [0.25, 0.3) is 0 Å². The molecule has 0 unspecified atom stereocenters. The van der Waals surface area contributed by atoms with E-state index in [0.717, 1.165) is 32.0 Å². The highest BCUT2D eigenvalue weighted by Crippen LogP contribution is 2.23. The highest BCUT2D eigenvalue weighted by Gasteiger charge is 2.33. The van der Waals surface area contributed by atoms with Gasteiger partial charge in [0.25, 0.3) is 0 Å². The first kappa shape index (κ1) is 11.7. The van der Waals surface area contributed by atoms with E-state index in [0.29, 0.717) is 6.04 Å². The molecule has 0 aromatic carbocycles. The van der Waals surface area contributed by atoms with Gasteiger partial charge in [-0.15, -0.1) is 0 Å². The molecule has 2 rings (SSSR count). The lowest BCUT2D eigenvalue weighted by atomic mass is 10.0. The van der Waals surface area contributed by atoms with Gasteiger partial charge < -0.3 is 15.0 Å². The van der Waals surface area contributed by atoms with Crippen molar-refractivity contribution in [3.8, 4) is 0 Å². The molecule has 2 aliphatic heterocycles. The van der Waals surface area contributed by atoms with Gasteiger partial charge in [0.15, 0.2) is 0 Å². The third-order valence-electron chi connectivity index (χ3n) is 3.21. The molecule has 16 heavy (non-hydrogen) atoms. The Balaban J connectivity index is 1.92. The van der Waals surface area contributed by atoms with E-state index in [1.807, 2.05) is 25.7 Å². The van der Waals surface area contributed by atoms with Gasteiger partial charge in [-0.1, -0.05) is 0 Å². The van der Waals surface area contributed by atoms with Crippen molar-refractivity contribution in [1.29, 1.82) is 0 Å². The lowest BCUT2D eigenvalue weighted by Crippen LogP contribution is -2.44. The smallest absolute Gasteiger partial charge is 0.410 e. The van der Waals surface area contributed by atoms with E-state index in [1.165, 1.54) is 6.42 Å². The lowest BCUT2D eigenvalue weighted by molar-refractivity contribution is 0.0238. The van der Waals surface area contributed by atoms with Crippen molar-refractivity contribution >= 4 is 6.09 Å². The molecule has 0 radical (unpaired) electrons. The van der Waals surface area contributed by atoms with Crippen LogP contribution in [-0.4, -0.2) is 42.3 Å². The van der Waals surface area contributed by atoms with E-state index < -0.39 is 5.60 Å². The van der Waals surface area contributed by atoms with Gasteiger partial charge in [-0.2, -0.15) is 0 Å². The molecule has 2 bridgehead atoms. The Bertz CT molecular complexity index is 273. The average Bonchev–Trinajstić information content (AvgIpc) is 2.42. The summed E-state index contributed by atoms with van der Waals surface area (Å²) in [5, 5.41) is 3.46. The molecule has 0 saturated carbocycles. The van der Waals surface area contributed by atoms with Gasteiger partial charge in [0.2, 0.25) is 0 Å². The minimum Gasteiger partial charge on any atom is -0.444 e. The number of nitrogens with one attached hydrogen (secondary N) is 1. The van der Waals surface area contributed by atoms with E-state index >= 15 is 0 Å². The van der Waals surface area contributed by atoms with Gasteiger partial charge in [-0.05, 0) is 46.1 Å². The summed E-state index contributed by atoms with van der Waals surface area (Å²) in [7, 11) is 0. The maximum absolute atomic E-state index is 11.9. The van der Waals surface area contributed by atoms with Gasteiger partial charge in [-0.3, -0.25) is 0 Å². The van der Waals surface area contributed by atoms with Crippen LogP contribution in [0.5, 0.6) is 0 Å². The number of amides is 1. The highest BCUT2D eigenvalue weighted by atomic mass is 16.6. The van der Waals surface area contributed by atoms with Crippen molar-refractivity contribution < 1.29 is 9.53 Å². The van der Waals surface area contributed by atoms with Crippen LogP contribution >= 0.6 is 0 Å². The fourth-order valence-electron chi connectivity index (χ4n) is 2.45. The summed E-state index contributed by atoms with van der Waals surface area (Å²) in [6.07, 6.45) is 2.14. The number of nitrogens with zero attached hydrogens (tertiary/aromatic N) is 1. The fourth-order valence-corrected chi connectivity index (χ4v) is 2.45. The molecule has 0 aromatic heterocycles. The van der Waals surface area contributed by atoms with Gasteiger partial charge in [-0.25, -0.2) is 4.79 Å². The zero-order valence-corrected chi connectivity index (χ0v) is 10.5. The quantitative estimate of drug-likeness (QED) is 0.682. The van der Waals surface area contributed by atoms with Crippen LogP contribution in [-0.2, 0) is 4.74 Å². The van der Waals surface area contributed by atoms with Crippen molar-refractivity contribution in [3.63, 3.8) is 0 Å². The van der Waals surface area contributed by atoms with E-state index in [1.54, 1.807) is 0 Å². The zero-order valence-electron chi connectivity index (χ0n) is 10.5. The van der Waals surface area contributed by atoms with Crippen molar-refractivity contribution in [1.82, 2.24) is 10.2 Å². The van der Waals surface area contributed by atoms with Gasteiger partial charge in [0, 0.05) is 19.1 Å². The largest absolute Gasteiger partial charge is 0.444 e.